The van der Waals surface area contributed by atoms with Gasteiger partial charge in [-0.05, 0) is 24.3 Å². The zero-order valence-electron chi connectivity index (χ0n) is 13.7. The monoisotopic (exact) mass is 347 g/mol. The fourth-order valence-corrected chi connectivity index (χ4v) is 3.93. The number of aliphatic hydroxyl groups excluding tert-OH is 1. The minimum atomic E-state index is -0.315. The van der Waals surface area contributed by atoms with E-state index in [4.69, 9.17) is 0 Å². The summed E-state index contributed by atoms with van der Waals surface area (Å²) in [7, 11) is 0. The van der Waals surface area contributed by atoms with Gasteiger partial charge in [0.2, 0.25) is 0 Å². The third kappa shape index (κ3) is 4.72. The molecule has 0 unspecified atom stereocenters. The van der Waals surface area contributed by atoms with Crippen LogP contribution < -0.4 is 9.80 Å². The third-order valence-electron chi connectivity index (χ3n) is 4.37. The predicted molar refractivity (Wildman–Crippen MR) is 97.3 cm³/mol. The Labute approximate surface area is 147 Å². The Morgan fingerprint density at radius 1 is 1.04 bits per heavy atom. The molecule has 1 saturated heterocycles. The van der Waals surface area contributed by atoms with E-state index in [9.17, 15) is 9.50 Å². The Hall–Kier alpha value is -1.56. The maximum absolute atomic E-state index is 13.9. The number of para-hydroxylation sites is 1. The summed E-state index contributed by atoms with van der Waals surface area (Å²) >= 11 is 1.69. The number of rotatable bonds is 6. The molecule has 1 atom stereocenters. The lowest BCUT2D eigenvalue weighted by Crippen LogP contribution is -3.16. The Bertz CT molecular complexity index is 632. The first-order valence-corrected chi connectivity index (χ1v) is 9.40. The molecule has 0 aliphatic carbocycles. The minimum Gasteiger partial charge on any atom is -0.386 e. The first-order chi connectivity index (χ1) is 11.7. The number of nitrogens with one attached hydrogen (secondary N) is 1. The molecule has 0 spiro atoms. The van der Waals surface area contributed by atoms with Crippen LogP contribution in [0.2, 0.25) is 0 Å². The summed E-state index contributed by atoms with van der Waals surface area (Å²) in [6.45, 7) is 4.28. The van der Waals surface area contributed by atoms with Gasteiger partial charge in [0.1, 0.15) is 18.5 Å². The Morgan fingerprint density at radius 3 is 2.42 bits per heavy atom. The van der Waals surface area contributed by atoms with Crippen molar-refractivity contribution in [1.82, 2.24) is 0 Å². The Balaban J connectivity index is 1.43. The molecule has 1 heterocycles. The molecule has 0 saturated carbocycles. The number of halogens is 1. The van der Waals surface area contributed by atoms with Crippen LogP contribution in [0.1, 0.15) is 0 Å². The second kappa shape index (κ2) is 8.51. The van der Waals surface area contributed by atoms with Crippen molar-refractivity contribution in [2.45, 2.75) is 11.0 Å². The summed E-state index contributed by atoms with van der Waals surface area (Å²) in [5, 5.41) is 10.3. The van der Waals surface area contributed by atoms with Gasteiger partial charge in [-0.3, -0.25) is 0 Å². The highest BCUT2D eigenvalue weighted by Gasteiger charge is 2.23. The van der Waals surface area contributed by atoms with Crippen LogP contribution in [0.3, 0.4) is 0 Å². The second-order valence-corrected chi connectivity index (χ2v) is 7.26. The van der Waals surface area contributed by atoms with Crippen LogP contribution in [0.15, 0.2) is 59.5 Å². The average Bonchev–Trinajstić information content (AvgIpc) is 2.62. The quantitative estimate of drug-likeness (QED) is 0.779. The van der Waals surface area contributed by atoms with Crippen molar-refractivity contribution in [3.8, 4) is 0 Å². The van der Waals surface area contributed by atoms with Crippen molar-refractivity contribution >= 4 is 17.4 Å². The highest BCUT2D eigenvalue weighted by molar-refractivity contribution is 7.99. The zero-order chi connectivity index (χ0) is 16.8. The van der Waals surface area contributed by atoms with Crippen molar-refractivity contribution < 1.29 is 14.4 Å². The molecule has 1 fully saturated rings. The number of benzene rings is 2. The molecular weight excluding hydrogens is 323 g/mol. The molecule has 2 aromatic rings. The van der Waals surface area contributed by atoms with Gasteiger partial charge in [0, 0.05) is 10.6 Å². The van der Waals surface area contributed by atoms with E-state index < -0.39 is 0 Å². The smallest absolute Gasteiger partial charge is 0.146 e. The van der Waals surface area contributed by atoms with E-state index in [2.05, 4.69) is 17.0 Å². The van der Waals surface area contributed by atoms with Gasteiger partial charge >= 0.3 is 0 Å². The lowest BCUT2D eigenvalue weighted by molar-refractivity contribution is -0.903. The van der Waals surface area contributed by atoms with Crippen LogP contribution in [0.5, 0.6) is 0 Å². The molecule has 5 heteroatoms. The molecule has 0 amide bonds. The van der Waals surface area contributed by atoms with Gasteiger partial charge in [0.15, 0.2) is 0 Å². The van der Waals surface area contributed by atoms with Crippen molar-refractivity contribution in [3.05, 3.63) is 60.4 Å². The van der Waals surface area contributed by atoms with Crippen LogP contribution in [0.25, 0.3) is 0 Å². The van der Waals surface area contributed by atoms with Crippen LogP contribution in [0, 0.1) is 5.82 Å². The van der Waals surface area contributed by atoms with Gasteiger partial charge in [0.05, 0.1) is 31.9 Å². The molecule has 2 aromatic carbocycles. The van der Waals surface area contributed by atoms with E-state index in [1.54, 1.807) is 17.8 Å². The lowest BCUT2D eigenvalue weighted by atomic mass is 10.2. The first kappa shape index (κ1) is 17.3. The Morgan fingerprint density at radius 2 is 1.71 bits per heavy atom. The summed E-state index contributed by atoms with van der Waals surface area (Å²) in [4.78, 5) is 4.68. The normalized spacial score (nSPS) is 17.0. The summed E-state index contributed by atoms with van der Waals surface area (Å²) in [5.41, 5.74) is 0.691. The number of anilines is 1. The van der Waals surface area contributed by atoms with Gasteiger partial charge in [-0.25, -0.2) is 4.39 Å². The molecule has 0 bridgehead atoms. The number of quaternary nitrogens is 1. The summed E-state index contributed by atoms with van der Waals surface area (Å²) < 4.78 is 13.9. The van der Waals surface area contributed by atoms with Crippen LogP contribution >= 0.6 is 11.8 Å². The van der Waals surface area contributed by atoms with E-state index >= 15 is 0 Å². The Kier molecular flexibility index (Phi) is 6.12. The molecule has 2 N–H and O–H groups in total. The highest BCUT2D eigenvalue weighted by Crippen LogP contribution is 2.19. The largest absolute Gasteiger partial charge is 0.386 e. The summed E-state index contributed by atoms with van der Waals surface area (Å²) in [6.07, 6.45) is -0.315. The topological polar surface area (TPSA) is 27.9 Å². The molecule has 24 heavy (non-hydrogen) atoms. The van der Waals surface area contributed by atoms with Crippen LogP contribution in [-0.4, -0.2) is 49.7 Å². The third-order valence-corrected chi connectivity index (χ3v) is 5.53. The SMILES string of the molecule is O[C@H](CSc1ccccc1)C[NH+]1CCN(c2ccccc2F)CC1. The molecule has 3 nitrogen and oxygen atoms in total. The second-order valence-electron chi connectivity index (χ2n) is 6.17. The van der Waals surface area contributed by atoms with Crippen molar-refractivity contribution in [2.75, 3.05) is 43.4 Å². The molecular formula is C19H24FN2OS+. The molecule has 128 valence electrons. The van der Waals surface area contributed by atoms with Gasteiger partial charge in [0.25, 0.3) is 0 Å². The summed E-state index contributed by atoms with van der Waals surface area (Å²) in [5.74, 6) is 0.560. The first-order valence-electron chi connectivity index (χ1n) is 8.41. The maximum Gasteiger partial charge on any atom is 0.146 e. The number of thioether (sulfide) groups is 1. The fourth-order valence-electron chi connectivity index (χ4n) is 3.08. The number of hydrogen-bond acceptors (Lipinski definition) is 3. The van der Waals surface area contributed by atoms with Gasteiger partial charge < -0.3 is 14.9 Å². The van der Waals surface area contributed by atoms with Crippen LogP contribution in [-0.2, 0) is 0 Å². The van der Waals surface area contributed by atoms with Crippen molar-refractivity contribution in [1.29, 1.82) is 0 Å². The number of aliphatic hydroxyl groups is 1. The summed E-state index contributed by atoms with van der Waals surface area (Å²) in [6, 6.07) is 17.1. The van der Waals surface area contributed by atoms with Gasteiger partial charge in [-0.1, -0.05) is 30.3 Å². The molecule has 1 aliphatic rings. The van der Waals surface area contributed by atoms with Crippen molar-refractivity contribution in [2.24, 2.45) is 0 Å². The van der Waals surface area contributed by atoms with Crippen molar-refractivity contribution in [3.63, 3.8) is 0 Å². The van der Waals surface area contributed by atoms with E-state index in [0.717, 1.165) is 32.7 Å². The van der Waals surface area contributed by atoms with E-state index in [0.29, 0.717) is 11.4 Å². The lowest BCUT2D eigenvalue weighted by Gasteiger charge is -2.34. The minimum absolute atomic E-state index is 0.153. The zero-order valence-corrected chi connectivity index (χ0v) is 14.5. The molecule has 0 aromatic heterocycles. The van der Waals surface area contributed by atoms with E-state index in [1.165, 1.54) is 15.9 Å². The molecule has 3 rings (SSSR count). The standard InChI is InChI=1S/C19H23FN2OS/c20-18-8-4-5-9-19(18)22-12-10-21(11-13-22)14-16(23)15-24-17-6-2-1-3-7-17/h1-9,16,23H,10-15H2/p+1/t16-/m0/s1. The molecule has 1 aliphatic heterocycles. The van der Waals surface area contributed by atoms with E-state index in [-0.39, 0.29) is 11.9 Å². The fraction of sp³-hybridized carbons (Fsp3) is 0.368. The molecule has 0 radical (unpaired) electrons. The number of piperazine rings is 1. The predicted octanol–water partition coefficient (Wildman–Crippen LogP) is 1.68. The van der Waals surface area contributed by atoms with E-state index in [1.807, 2.05) is 30.3 Å². The highest BCUT2D eigenvalue weighted by atomic mass is 32.2. The van der Waals surface area contributed by atoms with Gasteiger partial charge in [-0.2, -0.15) is 0 Å². The van der Waals surface area contributed by atoms with Gasteiger partial charge in [-0.15, -0.1) is 11.8 Å². The van der Waals surface area contributed by atoms with Crippen LogP contribution in [0.4, 0.5) is 10.1 Å². The number of hydrogen-bond donors (Lipinski definition) is 2. The maximum atomic E-state index is 13.9. The number of nitrogens with zero attached hydrogens (tertiary/aromatic N) is 1. The average molecular weight is 347 g/mol.